The van der Waals surface area contributed by atoms with Gasteiger partial charge in [0.2, 0.25) is 0 Å². The van der Waals surface area contributed by atoms with Crippen molar-refractivity contribution in [3.8, 4) is 6.07 Å². The van der Waals surface area contributed by atoms with Crippen molar-refractivity contribution < 1.29 is 18.8 Å². The third-order valence-corrected chi connectivity index (χ3v) is 16.9. The Morgan fingerprint density at radius 2 is 1.59 bits per heavy atom. The molecule has 2 aromatic carbocycles. The van der Waals surface area contributed by atoms with E-state index in [1.54, 1.807) is 6.92 Å². The molecule has 234 valence electrons. The van der Waals surface area contributed by atoms with Gasteiger partial charge in [-0.05, 0) is 79.1 Å². The Kier molecular flexibility index (Phi) is 8.63. The summed E-state index contributed by atoms with van der Waals surface area (Å²) < 4.78 is 13.0. The molecule has 0 spiro atoms. The standard InChI is InChI=1S/C38H49NO4Si/c1-8-42-34(41)37(7)31-21-24-38(26-39)30(27(2)19-20-32(38)36(31,6)23-22-33(37)40)25-43-44(35(3,4)5,28-15-11-9-12-16-28)29-17-13-10-14-18-29/h9-19,30-32H,8,20-25H2,1-7H3/t30-,31-,32-,36+,37-,38-/m1/s1. The number of allylic oxidation sites excluding steroid dienone is 1. The molecule has 5 nitrogen and oxygen atoms in total. The van der Waals surface area contributed by atoms with Gasteiger partial charge in [0.15, 0.2) is 0 Å². The van der Waals surface area contributed by atoms with Crippen LogP contribution < -0.4 is 10.4 Å². The van der Waals surface area contributed by atoms with Gasteiger partial charge in [-0.2, -0.15) is 5.26 Å². The first kappa shape index (κ1) is 32.4. The lowest BCUT2D eigenvalue weighted by atomic mass is 9.39. The summed E-state index contributed by atoms with van der Waals surface area (Å²) >= 11 is 0. The number of fused-ring (bicyclic) bond motifs is 3. The fraction of sp³-hybridized carbons (Fsp3) is 0.553. The van der Waals surface area contributed by atoms with E-state index in [1.165, 1.54) is 15.9 Å². The third-order valence-electron chi connectivity index (χ3n) is 11.9. The van der Waals surface area contributed by atoms with Crippen LogP contribution in [0.3, 0.4) is 0 Å². The second kappa shape index (κ2) is 11.7. The Bertz CT molecular complexity index is 1420. The van der Waals surface area contributed by atoms with Gasteiger partial charge >= 0.3 is 5.97 Å². The molecule has 0 radical (unpaired) electrons. The molecule has 3 aliphatic carbocycles. The molecular formula is C38H49NO4Si. The molecule has 0 bridgehead atoms. The van der Waals surface area contributed by atoms with Crippen LogP contribution in [0.1, 0.15) is 80.6 Å². The highest BCUT2D eigenvalue weighted by molar-refractivity contribution is 6.99. The summed E-state index contributed by atoms with van der Waals surface area (Å²) in [5.41, 5.74) is -0.966. The molecule has 44 heavy (non-hydrogen) atoms. The molecule has 0 aliphatic heterocycles. The van der Waals surface area contributed by atoms with E-state index in [0.717, 1.165) is 6.42 Å². The molecule has 3 aliphatic rings. The maximum absolute atomic E-state index is 13.4. The number of hydrogen-bond acceptors (Lipinski definition) is 5. The largest absolute Gasteiger partial charge is 0.465 e. The molecule has 5 rings (SSSR count). The topological polar surface area (TPSA) is 76.4 Å². The maximum atomic E-state index is 13.4. The highest BCUT2D eigenvalue weighted by Crippen LogP contribution is 2.68. The molecular weight excluding hydrogens is 563 g/mol. The Morgan fingerprint density at radius 1 is 1.00 bits per heavy atom. The second-order valence-corrected chi connectivity index (χ2v) is 19.2. The number of rotatable bonds is 7. The number of esters is 1. The number of carbonyl (C=O) groups is 2. The average Bonchev–Trinajstić information content (AvgIpc) is 3.00. The molecule has 6 atom stereocenters. The number of carbonyl (C=O) groups excluding carboxylic acids is 2. The summed E-state index contributed by atoms with van der Waals surface area (Å²) in [6.07, 6.45) is 5.39. The first-order valence-electron chi connectivity index (χ1n) is 16.4. The van der Waals surface area contributed by atoms with Crippen molar-refractivity contribution in [1.82, 2.24) is 0 Å². The first-order chi connectivity index (χ1) is 20.8. The molecule has 0 saturated heterocycles. The van der Waals surface area contributed by atoms with Gasteiger partial charge in [-0.15, -0.1) is 0 Å². The number of hydrogen-bond donors (Lipinski definition) is 0. The lowest BCUT2D eigenvalue weighted by Gasteiger charge is -2.63. The zero-order valence-corrected chi connectivity index (χ0v) is 28.6. The summed E-state index contributed by atoms with van der Waals surface area (Å²) in [6.45, 7) is 15.6. The highest BCUT2D eigenvalue weighted by Gasteiger charge is 2.68. The van der Waals surface area contributed by atoms with Crippen LogP contribution in [0, 0.1) is 45.3 Å². The molecule has 6 heteroatoms. The number of nitriles is 1. The predicted molar refractivity (Wildman–Crippen MR) is 177 cm³/mol. The molecule has 0 aromatic heterocycles. The number of nitrogens with zero attached hydrogens (tertiary/aromatic N) is 1. The van der Waals surface area contributed by atoms with Gasteiger partial charge in [0, 0.05) is 18.9 Å². The predicted octanol–water partition coefficient (Wildman–Crippen LogP) is 7.00. The highest BCUT2D eigenvalue weighted by atomic mass is 28.4. The van der Waals surface area contributed by atoms with Crippen molar-refractivity contribution in [2.45, 2.75) is 85.6 Å². The van der Waals surface area contributed by atoms with Crippen LogP contribution in [0.2, 0.25) is 5.04 Å². The van der Waals surface area contributed by atoms with Crippen molar-refractivity contribution in [2.24, 2.45) is 34.0 Å². The van der Waals surface area contributed by atoms with Crippen molar-refractivity contribution in [3.05, 3.63) is 72.3 Å². The van der Waals surface area contributed by atoms with Crippen LogP contribution in [0.5, 0.6) is 0 Å². The van der Waals surface area contributed by atoms with E-state index in [4.69, 9.17) is 9.16 Å². The van der Waals surface area contributed by atoms with Crippen molar-refractivity contribution in [1.29, 1.82) is 5.26 Å². The van der Waals surface area contributed by atoms with E-state index in [9.17, 15) is 14.9 Å². The zero-order chi connectivity index (χ0) is 32.0. The molecule has 0 unspecified atom stereocenters. The lowest BCUT2D eigenvalue weighted by Crippen LogP contribution is -2.67. The van der Waals surface area contributed by atoms with Crippen molar-refractivity contribution >= 4 is 30.4 Å². The summed E-state index contributed by atoms with van der Waals surface area (Å²) in [4.78, 5) is 26.8. The molecule has 0 amide bonds. The first-order valence-corrected chi connectivity index (χ1v) is 18.3. The summed E-state index contributed by atoms with van der Waals surface area (Å²) in [5, 5.41) is 13.5. The molecule has 2 fully saturated rings. The molecule has 0 N–H and O–H groups in total. The Hall–Kier alpha value is -3.01. The van der Waals surface area contributed by atoms with E-state index in [-0.39, 0.29) is 40.6 Å². The van der Waals surface area contributed by atoms with Gasteiger partial charge < -0.3 is 9.16 Å². The minimum atomic E-state index is -2.82. The fourth-order valence-electron chi connectivity index (χ4n) is 9.60. The zero-order valence-electron chi connectivity index (χ0n) is 27.6. The van der Waals surface area contributed by atoms with Crippen LogP contribution in [0.25, 0.3) is 0 Å². The monoisotopic (exact) mass is 611 g/mol. The summed E-state index contributed by atoms with van der Waals surface area (Å²) in [6, 6.07) is 24.2. The normalized spacial score (nSPS) is 32.1. The second-order valence-electron chi connectivity index (χ2n) is 14.9. The van der Waals surface area contributed by atoms with Crippen LogP contribution in [-0.4, -0.2) is 33.3 Å². The summed E-state index contributed by atoms with van der Waals surface area (Å²) in [5.74, 6) is -0.655. The Labute approximate surface area is 265 Å². The van der Waals surface area contributed by atoms with E-state index in [1.807, 2.05) is 6.92 Å². The minimum absolute atomic E-state index is 0.0112. The third kappa shape index (κ3) is 4.74. The smallest absolute Gasteiger partial charge is 0.319 e. The minimum Gasteiger partial charge on any atom is -0.465 e. The molecule has 2 saturated carbocycles. The van der Waals surface area contributed by atoms with Gasteiger partial charge in [-0.1, -0.05) is 100 Å². The van der Waals surface area contributed by atoms with E-state index < -0.39 is 25.1 Å². The van der Waals surface area contributed by atoms with Crippen LogP contribution in [0.15, 0.2) is 72.3 Å². The Balaban J connectivity index is 1.58. The number of benzene rings is 2. The summed E-state index contributed by atoms with van der Waals surface area (Å²) in [7, 11) is -2.82. The van der Waals surface area contributed by atoms with Gasteiger partial charge in [0.25, 0.3) is 8.32 Å². The number of Topliss-reactive ketones (excluding diaryl/α,β-unsaturated/α-hetero) is 1. The van der Waals surface area contributed by atoms with Crippen LogP contribution in [-0.2, 0) is 18.8 Å². The lowest BCUT2D eigenvalue weighted by molar-refractivity contribution is -0.185. The van der Waals surface area contributed by atoms with Crippen LogP contribution >= 0.6 is 0 Å². The van der Waals surface area contributed by atoms with Crippen molar-refractivity contribution in [3.63, 3.8) is 0 Å². The fourth-order valence-corrected chi connectivity index (χ4v) is 14.2. The van der Waals surface area contributed by atoms with Gasteiger partial charge in [0.05, 0.1) is 18.1 Å². The van der Waals surface area contributed by atoms with Gasteiger partial charge in [-0.3, -0.25) is 9.59 Å². The van der Waals surface area contributed by atoms with E-state index >= 15 is 0 Å². The Morgan fingerprint density at radius 3 is 2.11 bits per heavy atom. The van der Waals surface area contributed by atoms with Crippen molar-refractivity contribution in [2.75, 3.05) is 13.2 Å². The van der Waals surface area contributed by atoms with E-state index in [2.05, 4.69) is 107 Å². The molecule has 0 heterocycles. The number of ether oxygens (including phenoxy) is 1. The maximum Gasteiger partial charge on any atom is 0.319 e. The van der Waals surface area contributed by atoms with E-state index in [0.29, 0.717) is 32.3 Å². The van der Waals surface area contributed by atoms with Crippen LogP contribution in [0.4, 0.5) is 0 Å². The number of ketones is 1. The average molecular weight is 612 g/mol. The van der Waals surface area contributed by atoms with Gasteiger partial charge in [0.1, 0.15) is 11.2 Å². The SMILES string of the molecule is CCOC(=O)[C@@]1(C)C(=O)CC[C@]2(C)[C@H]3CC=C(C)[C@@H](CO[Si](c4ccccc4)(c4ccccc4)C(C)(C)C)[C@]3(C#N)CC[C@@H]12. The van der Waals surface area contributed by atoms with Gasteiger partial charge in [-0.25, -0.2) is 0 Å². The molecule has 2 aromatic rings. The quantitative estimate of drug-likeness (QED) is 0.146.